The van der Waals surface area contributed by atoms with E-state index in [2.05, 4.69) is 5.32 Å². The Morgan fingerprint density at radius 1 is 1.45 bits per heavy atom. The van der Waals surface area contributed by atoms with Crippen LogP contribution < -0.4 is 10.1 Å². The van der Waals surface area contributed by atoms with Crippen LogP contribution in [0.1, 0.15) is 26.7 Å². The Morgan fingerprint density at radius 3 is 2.50 bits per heavy atom. The minimum absolute atomic E-state index is 0.0385. The molecule has 0 bridgehead atoms. The van der Waals surface area contributed by atoms with Crippen molar-refractivity contribution in [3.63, 3.8) is 0 Å². The van der Waals surface area contributed by atoms with Gasteiger partial charge in [0.15, 0.2) is 5.54 Å². The maximum absolute atomic E-state index is 12.8. The first-order valence-corrected chi connectivity index (χ1v) is 6.83. The zero-order valence-corrected chi connectivity index (χ0v) is 11.7. The molecule has 1 aromatic carbocycles. The van der Waals surface area contributed by atoms with Gasteiger partial charge >= 0.3 is 5.97 Å². The number of nitrogens with one attached hydrogen (secondary N) is 1. The van der Waals surface area contributed by atoms with E-state index in [1.54, 1.807) is 0 Å². The van der Waals surface area contributed by atoms with Crippen LogP contribution >= 0.6 is 0 Å². The van der Waals surface area contributed by atoms with Crippen LogP contribution in [0.15, 0.2) is 24.3 Å². The maximum atomic E-state index is 12.8. The van der Waals surface area contributed by atoms with Crippen LogP contribution in [0.4, 0.5) is 4.39 Å². The fourth-order valence-corrected chi connectivity index (χ4v) is 2.39. The molecule has 20 heavy (non-hydrogen) atoms. The second-order valence-electron chi connectivity index (χ2n) is 5.59. The highest BCUT2D eigenvalue weighted by Gasteiger charge is 2.52. The number of hydrogen-bond acceptors (Lipinski definition) is 3. The van der Waals surface area contributed by atoms with Gasteiger partial charge in [0.2, 0.25) is 0 Å². The molecule has 1 aromatic rings. The van der Waals surface area contributed by atoms with Gasteiger partial charge in [0, 0.05) is 6.04 Å². The third kappa shape index (κ3) is 3.28. The van der Waals surface area contributed by atoms with Crippen molar-refractivity contribution < 1.29 is 19.0 Å². The summed E-state index contributed by atoms with van der Waals surface area (Å²) in [4.78, 5) is 11.7. The van der Waals surface area contributed by atoms with Crippen molar-refractivity contribution in [1.82, 2.24) is 5.32 Å². The Kier molecular flexibility index (Phi) is 4.28. The van der Waals surface area contributed by atoms with Crippen LogP contribution in [0.25, 0.3) is 0 Å². The monoisotopic (exact) mass is 281 g/mol. The molecular weight excluding hydrogens is 261 g/mol. The van der Waals surface area contributed by atoms with Crippen molar-refractivity contribution >= 4 is 5.97 Å². The van der Waals surface area contributed by atoms with Gasteiger partial charge < -0.3 is 9.84 Å². The summed E-state index contributed by atoms with van der Waals surface area (Å²) in [6.07, 6.45) is 1.78. The third-order valence-corrected chi connectivity index (χ3v) is 3.48. The Balaban J connectivity index is 2.11. The molecule has 0 saturated heterocycles. The quantitative estimate of drug-likeness (QED) is 0.806. The van der Waals surface area contributed by atoms with E-state index in [1.807, 2.05) is 13.8 Å². The lowest BCUT2D eigenvalue weighted by Crippen LogP contribution is -2.60. The first-order valence-electron chi connectivity index (χ1n) is 6.83. The van der Waals surface area contributed by atoms with Gasteiger partial charge in [0.05, 0.1) is 0 Å². The summed E-state index contributed by atoms with van der Waals surface area (Å²) in [7, 11) is 0. The minimum atomic E-state index is -1.07. The lowest BCUT2D eigenvalue weighted by Gasteiger charge is -2.32. The van der Waals surface area contributed by atoms with Gasteiger partial charge in [-0.05, 0) is 56.9 Å². The maximum Gasteiger partial charge on any atom is 0.327 e. The van der Waals surface area contributed by atoms with Crippen molar-refractivity contribution in [3.05, 3.63) is 30.1 Å². The molecule has 2 rings (SSSR count). The normalized spacial score (nSPS) is 17.8. The highest BCUT2D eigenvalue weighted by molar-refractivity contribution is 5.80. The van der Waals surface area contributed by atoms with Gasteiger partial charge in [-0.3, -0.25) is 10.1 Å². The standard InChI is InChI=1S/C15H20FNO3/c1-10(2)17-15(14(18)19,11-3-4-11)9-20-13-7-5-12(16)6-8-13/h5-8,10-11,17H,3-4,9H2,1-2H3,(H,18,19). The van der Waals surface area contributed by atoms with Crippen molar-refractivity contribution in [3.8, 4) is 5.75 Å². The minimum Gasteiger partial charge on any atom is -0.491 e. The number of carboxylic acid groups (broad SMARTS) is 1. The molecule has 0 radical (unpaired) electrons. The summed E-state index contributed by atoms with van der Waals surface area (Å²) in [5.41, 5.74) is -1.07. The van der Waals surface area contributed by atoms with Crippen LogP contribution in [-0.4, -0.2) is 29.3 Å². The molecule has 1 atom stereocenters. The third-order valence-electron chi connectivity index (χ3n) is 3.48. The number of carboxylic acids is 1. The molecular formula is C15H20FNO3. The van der Waals surface area contributed by atoms with Crippen molar-refractivity contribution in [2.75, 3.05) is 6.61 Å². The van der Waals surface area contributed by atoms with E-state index in [4.69, 9.17) is 4.74 Å². The van der Waals surface area contributed by atoms with Crippen LogP contribution in [-0.2, 0) is 4.79 Å². The van der Waals surface area contributed by atoms with Gasteiger partial charge in [-0.15, -0.1) is 0 Å². The van der Waals surface area contributed by atoms with Crippen LogP contribution in [0.2, 0.25) is 0 Å². The number of ether oxygens (including phenoxy) is 1. The lowest BCUT2D eigenvalue weighted by molar-refractivity contribution is -0.148. The highest BCUT2D eigenvalue weighted by Crippen LogP contribution is 2.40. The molecule has 1 saturated carbocycles. The molecule has 0 aliphatic heterocycles. The predicted octanol–water partition coefficient (Wildman–Crippen LogP) is 2.44. The fourth-order valence-electron chi connectivity index (χ4n) is 2.39. The smallest absolute Gasteiger partial charge is 0.327 e. The molecule has 0 aromatic heterocycles. The zero-order valence-electron chi connectivity index (χ0n) is 11.7. The van der Waals surface area contributed by atoms with Gasteiger partial charge in [0.25, 0.3) is 0 Å². The van der Waals surface area contributed by atoms with Crippen LogP contribution in [0.5, 0.6) is 5.75 Å². The molecule has 0 spiro atoms. The Hall–Kier alpha value is -1.62. The molecule has 0 amide bonds. The average molecular weight is 281 g/mol. The van der Waals surface area contributed by atoms with E-state index in [1.165, 1.54) is 24.3 Å². The molecule has 1 fully saturated rings. The van der Waals surface area contributed by atoms with E-state index in [0.29, 0.717) is 5.75 Å². The second-order valence-corrected chi connectivity index (χ2v) is 5.59. The predicted molar refractivity (Wildman–Crippen MR) is 73.3 cm³/mol. The highest BCUT2D eigenvalue weighted by atomic mass is 19.1. The number of aliphatic carboxylic acids is 1. The molecule has 1 aliphatic rings. The summed E-state index contributed by atoms with van der Waals surface area (Å²) < 4.78 is 18.4. The molecule has 0 heterocycles. The molecule has 110 valence electrons. The SMILES string of the molecule is CC(C)NC(COc1ccc(F)cc1)(C(=O)O)C1CC1. The molecule has 1 aliphatic carbocycles. The summed E-state index contributed by atoms with van der Waals surface area (Å²) in [5.74, 6) is -0.675. The summed E-state index contributed by atoms with van der Waals surface area (Å²) in [5, 5.41) is 12.7. The molecule has 2 N–H and O–H groups in total. The molecule has 1 unspecified atom stereocenters. The van der Waals surface area contributed by atoms with E-state index in [-0.39, 0.29) is 24.4 Å². The van der Waals surface area contributed by atoms with E-state index in [0.717, 1.165) is 12.8 Å². The number of halogens is 1. The number of benzene rings is 1. The number of hydrogen-bond donors (Lipinski definition) is 2. The van der Waals surface area contributed by atoms with Gasteiger partial charge in [-0.25, -0.2) is 4.39 Å². The van der Waals surface area contributed by atoms with Crippen LogP contribution in [0.3, 0.4) is 0 Å². The van der Waals surface area contributed by atoms with Gasteiger partial charge in [0.1, 0.15) is 18.2 Å². The van der Waals surface area contributed by atoms with Crippen molar-refractivity contribution in [1.29, 1.82) is 0 Å². The number of rotatable bonds is 7. The van der Waals surface area contributed by atoms with E-state index in [9.17, 15) is 14.3 Å². The van der Waals surface area contributed by atoms with E-state index >= 15 is 0 Å². The summed E-state index contributed by atoms with van der Waals surface area (Å²) in [6.45, 7) is 3.87. The Morgan fingerprint density at radius 2 is 2.05 bits per heavy atom. The zero-order chi connectivity index (χ0) is 14.8. The largest absolute Gasteiger partial charge is 0.491 e. The molecule has 5 heteroatoms. The Labute approximate surface area is 117 Å². The van der Waals surface area contributed by atoms with Gasteiger partial charge in [-0.1, -0.05) is 0 Å². The molecule has 4 nitrogen and oxygen atoms in total. The fraction of sp³-hybridized carbons (Fsp3) is 0.533. The van der Waals surface area contributed by atoms with Crippen LogP contribution in [0, 0.1) is 11.7 Å². The second kappa shape index (κ2) is 5.79. The summed E-state index contributed by atoms with van der Waals surface area (Å²) in [6, 6.07) is 5.65. The Bertz CT molecular complexity index is 471. The lowest BCUT2D eigenvalue weighted by atomic mass is 9.93. The first-order chi connectivity index (χ1) is 9.44. The van der Waals surface area contributed by atoms with E-state index < -0.39 is 11.5 Å². The van der Waals surface area contributed by atoms with Crippen molar-refractivity contribution in [2.24, 2.45) is 5.92 Å². The van der Waals surface area contributed by atoms with Gasteiger partial charge in [-0.2, -0.15) is 0 Å². The first kappa shape index (κ1) is 14.8. The summed E-state index contributed by atoms with van der Waals surface area (Å²) >= 11 is 0. The average Bonchev–Trinajstić information content (AvgIpc) is 3.20. The van der Waals surface area contributed by atoms with Crippen molar-refractivity contribution in [2.45, 2.75) is 38.3 Å². The number of carbonyl (C=O) groups is 1. The topological polar surface area (TPSA) is 58.6 Å².